The molecule has 1 heteroatoms. The third-order valence-corrected chi connectivity index (χ3v) is 3.34. The third-order valence-electron chi connectivity index (χ3n) is 3.34. The average Bonchev–Trinajstić information content (AvgIpc) is 2.39. The summed E-state index contributed by atoms with van der Waals surface area (Å²) < 4.78 is 5.29. The molecule has 17 heavy (non-hydrogen) atoms. The number of ether oxygens (including phenoxy) is 1. The first-order valence-corrected chi connectivity index (χ1v) is 5.76. The van der Waals surface area contributed by atoms with Gasteiger partial charge >= 0.3 is 0 Å². The molecule has 0 saturated carbocycles. The second-order valence-corrected chi connectivity index (χ2v) is 4.31. The van der Waals surface area contributed by atoms with Crippen molar-refractivity contribution >= 4 is 21.5 Å². The van der Waals surface area contributed by atoms with Gasteiger partial charge in [-0.3, -0.25) is 0 Å². The van der Waals surface area contributed by atoms with Crippen molar-refractivity contribution in [2.75, 3.05) is 7.11 Å². The van der Waals surface area contributed by atoms with Crippen molar-refractivity contribution in [1.82, 2.24) is 0 Å². The maximum atomic E-state index is 5.29. The van der Waals surface area contributed by atoms with Gasteiger partial charge in [-0.25, -0.2) is 0 Å². The first-order chi connectivity index (χ1) is 8.29. The van der Waals surface area contributed by atoms with E-state index in [0.717, 1.165) is 5.75 Å². The van der Waals surface area contributed by atoms with Crippen LogP contribution in [0.2, 0.25) is 0 Å². The fraction of sp³-hybridized carbons (Fsp3) is 0.125. The predicted octanol–water partition coefficient (Wildman–Crippen LogP) is 4.31. The van der Waals surface area contributed by atoms with Gasteiger partial charge in [0.2, 0.25) is 0 Å². The fourth-order valence-corrected chi connectivity index (χ4v) is 2.39. The number of rotatable bonds is 1. The molecule has 0 heterocycles. The summed E-state index contributed by atoms with van der Waals surface area (Å²) in [5, 5.41) is 5.14. The summed E-state index contributed by atoms with van der Waals surface area (Å²) in [6, 6.07) is 17.0. The molecule has 0 aromatic heterocycles. The van der Waals surface area contributed by atoms with Gasteiger partial charge in [0.15, 0.2) is 0 Å². The Morgan fingerprint density at radius 1 is 0.824 bits per heavy atom. The lowest BCUT2D eigenvalue weighted by Gasteiger charge is -2.09. The van der Waals surface area contributed by atoms with Gasteiger partial charge in [-0.15, -0.1) is 0 Å². The molecule has 0 aliphatic carbocycles. The van der Waals surface area contributed by atoms with Crippen LogP contribution in [0.4, 0.5) is 0 Å². The van der Waals surface area contributed by atoms with Gasteiger partial charge in [0.25, 0.3) is 0 Å². The Kier molecular flexibility index (Phi) is 2.25. The number of hydrogen-bond donors (Lipinski definition) is 0. The quantitative estimate of drug-likeness (QED) is 0.557. The van der Waals surface area contributed by atoms with Crippen LogP contribution in [0.15, 0.2) is 48.5 Å². The standard InChI is InChI=1S/C16H14O/c1-11-15-6-4-3-5-12(15)9-13-7-8-14(17-2)10-16(11)13/h3-10H,1-2H3. The smallest absolute Gasteiger partial charge is 0.119 e. The zero-order valence-corrected chi connectivity index (χ0v) is 10.0. The molecular formula is C16H14O. The lowest BCUT2D eigenvalue weighted by Crippen LogP contribution is -1.86. The Hall–Kier alpha value is -2.02. The first-order valence-electron chi connectivity index (χ1n) is 5.76. The number of methoxy groups -OCH3 is 1. The molecule has 1 nitrogen and oxygen atoms in total. The lowest BCUT2D eigenvalue weighted by atomic mass is 9.98. The Balaban J connectivity index is 2.46. The minimum Gasteiger partial charge on any atom is -0.497 e. The molecule has 0 N–H and O–H groups in total. The second-order valence-electron chi connectivity index (χ2n) is 4.31. The normalized spacial score (nSPS) is 10.9. The monoisotopic (exact) mass is 222 g/mol. The van der Waals surface area contributed by atoms with E-state index in [0.29, 0.717) is 0 Å². The van der Waals surface area contributed by atoms with Crippen LogP contribution in [0, 0.1) is 6.92 Å². The molecule has 0 aliphatic rings. The van der Waals surface area contributed by atoms with Crippen LogP contribution in [0.1, 0.15) is 5.56 Å². The summed E-state index contributed by atoms with van der Waals surface area (Å²) in [6.07, 6.45) is 0. The van der Waals surface area contributed by atoms with Gasteiger partial charge in [-0.2, -0.15) is 0 Å². The second kappa shape index (κ2) is 3.77. The highest BCUT2D eigenvalue weighted by Gasteiger charge is 2.04. The van der Waals surface area contributed by atoms with E-state index in [4.69, 9.17) is 4.74 Å². The zero-order valence-electron chi connectivity index (χ0n) is 10.0. The van der Waals surface area contributed by atoms with Crippen LogP contribution in [0.25, 0.3) is 21.5 Å². The fourth-order valence-electron chi connectivity index (χ4n) is 2.39. The number of benzene rings is 3. The lowest BCUT2D eigenvalue weighted by molar-refractivity contribution is 0.415. The zero-order chi connectivity index (χ0) is 11.8. The first kappa shape index (κ1) is 10.2. The summed E-state index contributed by atoms with van der Waals surface area (Å²) in [5.74, 6) is 0.913. The molecule has 0 spiro atoms. The van der Waals surface area contributed by atoms with E-state index in [-0.39, 0.29) is 0 Å². The highest BCUT2D eigenvalue weighted by atomic mass is 16.5. The van der Waals surface area contributed by atoms with E-state index in [1.807, 2.05) is 6.07 Å². The molecule has 84 valence electrons. The Labute approximate surface area is 101 Å². The molecule has 3 aromatic carbocycles. The average molecular weight is 222 g/mol. The Morgan fingerprint density at radius 3 is 2.41 bits per heavy atom. The predicted molar refractivity (Wildman–Crippen MR) is 72.7 cm³/mol. The molecular weight excluding hydrogens is 208 g/mol. The summed E-state index contributed by atoms with van der Waals surface area (Å²) in [7, 11) is 1.71. The number of aryl methyl sites for hydroxylation is 1. The van der Waals surface area contributed by atoms with Crippen molar-refractivity contribution in [1.29, 1.82) is 0 Å². The molecule has 0 bridgehead atoms. The van der Waals surface area contributed by atoms with Crippen molar-refractivity contribution in [3.63, 3.8) is 0 Å². The van der Waals surface area contributed by atoms with Crippen LogP contribution in [0.3, 0.4) is 0 Å². The molecule has 0 saturated heterocycles. The molecule has 3 rings (SSSR count). The van der Waals surface area contributed by atoms with Crippen molar-refractivity contribution in [3.05, 3.63) is 54.1 Å². The molecule has 0 aliphatic heterocycles. The Morgan fingerprint density at radius 2 is 1.59 bits per heavy atom. The van der Waals surface area contributed by atoms with Crippen LogP contribution in [-0.2, 0) is 0 Å². The molecule has 0 radical (unpaired) electrons. The van der Waals surface area contributed by atoms with Crippen LogP contribution in [0.5, 0.6) is 5.75 Å². The van der Waals surface area contributed by atoms with Crippen molar-refractivity contribution in [2.45, 2.75) is 6.92 Å². The summed E-state index contributed by atoms with van der Waals surface area (Å²) in [4.78, 5) is 0. The van der Waals surface area contributed by atoms with E-state index < -0.39 is 0 Å². The van der Waals surface area contributed by atoms with E-state index in [2.05, 4.69) is 49.4 Å². The number of hydrogen-bond acceptors (Lipinski definition) is 1. The molecule has 0 fully saturated rings. The summed E-state index contributed by atoms with van der Waals surface area (Å²) >= 11 is 0. The van der Waals surface area contributed by atoms with Crippen LogP contribution in [-0.4, -0.2) is 7.11 Å². The summed E-state index contributed by atoms with van der Waals surface area (Å²) in [6.45, 7) is 2.17. The van der Waals surface area contributed by atoms with Crippen molar-refractivity contribution in [2.24, 2.45) is 0 Å². The van der Waals surface area contributed by atoms with Gasteiger partial charge in [0.1, 0.15) is 5.75 Å². The molecule has 0 unspecified atom stereocenters. The van der Waals surface area contributed by atoms with Crippen molar-refractivity contribution < 1.29 is 4.74 Å². The molecule has 3 aromatic rings. The van der Waals surface area contributed by atoms with E-state index in [9.17, 15) is 0 Å². The van der Waals surface area contributed by atoms with Gasteiger partial charge < -0.3 is 4.74 Å². The van der Waals surface area contributed by atoms with Gasteiger partial charge in [-0.05, 0) is 52.2 Å². The van der Waals surface area contributed by atoms with Gasteiger partial charge in [0.05, 0.1) is 7.11 Å². The Bertz CT molecular complexity index is 698. The van der Waals surface area contributed by atoms with Gasteiger partial charge in [-0.1, -0.05) is 30.3 Å². The SMILES string of the molecule is COc1ccc2cc3ccccc3c(C)c2c1. The van der Waals surface area contributed by atoms with Crippen LogP contribution < -0.4 is 4.74 Å². The highest BCUT2D eigenvalue weighted by Crippen LogP contribution is 2.30. The van der Waals surface area contributed by atoms with Gasteiger partial charge in [0, 0.05) is 0 Å². The molecule has 0 amide bonds. The van der Waals surface area contributed by atoms with Crippen LogP contribution >= 0.6 is 0 Å². The number of fused-ring (bicyclic) bond motifs is 2. The van der Waals surface area contributed by atoms with Crippen molar-refractivity contribution in [3.8, 4) is 5.75 Å². The minimum atomic E-state index is 0.913. The minimum absolute atomic E-state index is 0.913. The topological polar surface area (TPSA) is 9.23 Å². The maximum Gasteiger partial charge on any atom is 0.119 e. The summed E-state index contributed by atoms with van der Waals surface area (Å²) in [5.41, 5.74) is 1.32. The van der Waals surface area contributed by atoms with E-state index in [1.54, 1.807) is 7.11 Å². The largest absolute Gasteiger partial charge is 0.497 e. The maximum absolute atomic E-state index is 5.29. The van der Waals surface area contributed by atoms with E-state index in [1.165, 1.54) is 27.1 Å². The molecule has 0 atom stereocenters. The highest BCUT2D eigenvalue weighted by molar-refractivity contribution is 6.02. The van der Waals surface area contributed by atoms with E-state index >= 15 is 0 Å². The third kappa shape index (κ3) is 1.55.